The third kappa shape index (κ3) is 3.83. The number of carbonyl (C=O) groups excluding carboxylic acids is 1. The molecule has 0 saturated heterocycles. The first-order valence-corrected chi connectivity index (χ1v) is 6.72. The third-order valence-electron chi connectivity index (χ3n) is 2.84. The van der Waals surface area contributed by atoms with Gasteiger partial charge in [-0.2, -0.15) is 0 Å². The molecule has 0 heterocycles. The van der Waals surface area contributed by atoms with Crippen molar-refractivity contribution in [1.82, 2.24) is 0 Å². The normalized spacial score (nSPS) is 10.2. The molecule has 0 radical (unpaired) electrons. The highest BCUT2D eigenvalue weighted by Gasteiger charge is 2.06. The van der Waals surface area contributed by atoms with Crippen molar-refractivity contribution in [2.75, 3.05) is 5.32 Å². The highest BCUT2D eigenvalue weighted by molar-refractivity contribution is 6.31. The van der Waals surface area contributed by atoms with E-state index >= 15 is 0 Å². The topological polar surface area (TPSA) is 29.1 Å². The lowest BCUT2D eigenvalue weighted by Crippen LogP contribution is -2.11. The molecule has 0 spiro atoms. The van der Waals surface area contributed by atoms with Gasteiger partial charge in [-0.3, -0.25) is 4.79 Å². The first-order chi connectivity index (χ1) is 9.19. The maximum Gasteiger partial charge on any atom is 0.255 e. The standard InChI is InChI=1S/C16H16ClNO/c1-2-4-12-7-9-15(10-8-12)18-16(19)13-5-3-6-14(17)11-13/h3,5-11H,2,4H2,1H3,(H,18,19). The van der Waals surface area contributed by atoms with Crippen molar-refractivity contribution in [2.24, 2.45) is 0 Å². The van der Waals surface area contributed by atoms with E-state index in [9.17, 15) is 4.79 Å². The Bertz CT molecular complexity index is 563. The predicted octanol–water partition coefficient (Wildman–Crippen LogP) is 4.54. The van der Waals surface area contributed by atoms with E-state index in [1.165, 1.54) is 5.56 Å². The van der Waals surface area contributed by atoms with Crippen molar-refractivity contribution in [3.63, 3.8) is 0 Å². The molecule has 0 unspecified atom stereocenters. The molecule has 1 amide bonds. The SMILES string of the molecule is CCCc1ccc(NC(=O)c2cccc(Cl)c2)cc1. The summed E-state index contributed by atoms with van der Waals surface area (Å²) < 4.78 is 0. The van der Waals surface area contributed by atoms with E-state index in [4.69, 9.17) is 11.6 Å². The molecule has 0 aliphatic rings. The Hall–Kier alpha value is -1.80. The highest BCUT2D eigenvalue weighted by atomic mass is 35.5. The zero-order valence-electron chi connectivity index (χ0n) is 10.8. The molecule has 0 aliphatic heterocycles. The predicted molar refractivity (Wildman–Crippen MR) is 79.8 cm³/mol. The van der Waals surface area contributed by atoms with Crippen molar-refractivity contribution in [3.05, 3.63) is 64.7 Å². The van der Waals surface area contributed by atoms with Crippen molar-refractivity contribution < 1.29 is 4.79 Å². The molecule has 98 valence electrons. The van der Waals surface area contributed by atoms with Gasteiger partial charge in [-0.15, -0.1) is 0 Å². The zero-order chi connectivity index (χ0) is 13.7. The summed E-state index contributed by atoms with van der Waals surface area (Å²) in [6, 6.07) is 14.8. The second-order valence-corrected chi connectivity index (χ2v) is 4.85. The summed E-state index contributed by atoms with van der Waals surface area (Å²) >= 11 is 5.87. The quantitative estimate of drug-likeness (QED) is 0.870. The Labute approximate surface area is 118 Å². The number of rotatable bonds is 4. The summed E-state index contributed by atoms with van der Waals surface area (Å²) in [5.74, 6) is -0.147. The Kier molecular flexibility index (Phi) is 4.58. The first-order valence-electron chi connectivity index (χ1n) is 6.35. The average molecular weight is 274 g/mol. The van der Waals surface area contributed by atoms with Crippen molar-refractivity contribution >= 4 is 23.2 Å². The molecule has 3 heteroatoms. The van der Waals surface area contributed by atoms with Gasteiger partial charge in [0.05, 0.1) is 0 Å². The van der Waals surface area contributed by atoms with Crippen LogP contribution in [0, 0.1) is 0 Å². The molecule has 2 aromatic rings. The van der Waals surface area contributed by atoms with Gasteiger partial charge in [-0.05, 0) is 42.3 Å². The molecule has 0 bridgehead atoms. The molecular formula is C16H16ClNO. The Morgan fingerprint density at radius 3 is 2.53 bits per heavy atom. The van der Waals surface area contributed by atoms with Crippen molar-refractivity contribution in [1.29, 1.82) is 0 Å². The number of amides is 1. The molecule has 0 aliphatic carbocycles. The number of halogens is 1. The van der Waals surface area contributed by atoms with Crippen LogP contribution >= 0.6 is 11.6 Å². The summed E-state index contributed by atoms with van der Waals surface area (Å²) in [6.45, 7) is 2.15. The van der Waals surface area contributed by atoms with E-state index in [0.29, 0.717) is 10.6 Å². The van der Waals surface area contributed by atoms with Crippen LogP contribution in [0.3, 0.4) is 0 Å². The van der Waals surface area contributed by atoms with Gasteiger partial charge in [0, 0.05) is 16.3 Å². The molecule has 19 heavy (non-hydrogen) atoms. The first kappa shape index (κ1) is 13.6. The molecular weight excluding hydrogens is 258 g/mol. The molecule has 2 rings (SSSR count). The zero-order valence-corrected chi connectivity index (χ0v) is 11.6. The van der Waals surface area contributed by atoms with E-state index in [-0.39, 0.29) is 5.91 Å². The van der Waals surface area contributed by atoms with Crippen LogP contribution in [0.4, 0.5) is 5.69 Å². The van der Waals surface area contributed by atoms with Gasteiger partial charge in [-0.25, -0.2) is 0 Å². The van der Waals surface area contributed by atoms with Crippen LogP contribution in [0.15, 0.2) is 48.5 Å². The van der Waals surface area contributed by atoms with Crippen molar-refractivity contribution in [3.8, 4) is 0 Å². The maximum absolute atomic E-state index is 12.0. The minimum Gasteiger partial charge on any atom is -0.322 e. The fraction of sp³-hybridized carbons (Fsp3) is 0.188. The number of aryl methyl sites for hydroxylation is 1. The van der Waals surface area contributed by atoms with Crippen LogP contribution in [0.25, 0.3) is 0 Å². The Morgan fingerprint density at radius 2 is 1.89 bits per heavy atom. The second kappa shape index (κ2) is 6.39. The van der Waals surface area contributed by atoms with E-state index < -0.39 is 0 Å². The van der Waals surface area contributed by atoms with Gasteiger partial charge in [0.1, 0.15) is 0 Å². The van der Waals surface area contributed by atoms with Gasteiger partial charge >= 0.3 is 0 Å². The van der Waals surface area contributed by atoms with Gasteiger partial charge in [0.25, 0.3) is 5.91 Å². The second-order valence-electron chi connectivity index (χ2n) is 4.41. The molecule has 0 saturated carbocycles. The number of carbonyl (C=O) groups is 1. The monoisotopic (exact) mass is 273 g/mol. The van der Waals surface area contributed by atoms with Crippen LogP contribution in [0.2, 0.25) is 5.02 Å². The summed E-state index contributed by atoms with van der Waals surface area (Å²) in [5.41, 5.74) is 2.64. The number of hydrogen-bond acceptors (Lipinski definition) is 1. The van der Waals surface area contributed by atoms with Crippen LogP contribution in [0.5, 0.6) is 0 Å². The van der Waals surface area contributed by atoms with Crippen LogP contribution in [0.1, 0.15) is 29.3 Å². The molecule has 2 aromatic carbocycles. The molecule has 0 atom stereocenters. The van der Waals surface area contributed by atoms with Gasteiger partial charge in [-0.1, -0.05) is 43.1 Å². The van der Waals surface area contributed by atoms with Gasteiger partial charge in [0.2, 0.25) is 0 Å². The lowest BCUT2D eigenvalue weighted by atomic mass is 10.1. The van der Waals surface area contributed by atoms with Crippen LogP contribution in [-0.4, -0.2) is 5.91 Å². The highest BCUT2D eigenvalue weighted by Crippen LogP contribution is 2.15. The number of anilines is 1. The number of nitrogens with one attached hydrogen (secondary N) is 1. The molecule has 0 aromatic heterocycles. The smallest absolute Gasteiger partial charge is 0.255 e. The lowest BCUT2D eigenvalue weighted by Gasteiger charge is -2.06. The van der Waals surface area contributed by atoms with E-state index in [0.717, 1.165) is 18.5 Å². The van der Waals surface area contributed by atoms with Gasteiger partial charge < -0.3 is 5.32 Å². The minimum atomic E-state index is -0.147. The summed E-state index contributed by atoms with van der Waals surface area (Å²) in [4.78, 5) is 12.0. The van der Waals surface area contributed by atoms with Crippen LogP contribution < -0.4 is 5.32 Å². The van der Waals surface area contributed by atoms with Gasteiger partial charge in [0.15, 0.2) is 0 Å². The van der Waals surface area contributed by atoms with E-state index in [1.54, 1.807) is 24.3 Å². The number of benzene rings is 2. The third-order valence-corrected chi connectivity index (χ3v) is 3.07. The molecule has 1 N–H and O–H groups in total. The molecule has 0 fully saturated rings. The largest absolute Gasteiger partial charge is 0.322 e. The van der Waals surface area contributed by atoms with Crippen LogP contribution in [-0.2, 0) is 6.42 Å². The minimum absolute atomic E-state index is 0.147. The Balaban J connectivity index is 2.06. The maximum atomic E-state index is 12.0. The number of hydrogen-bond donors (Lipinski definition) is 1. The van der Waals surface area contributed by atoms with E-state index in [1.807, 2.05) is 24.3 Å². The fourth-order valence-electron chi connectivity index (χ4n) is 1.88. The lowest BCUT2D eigenvalue weighted by molar-refractivity contribution is 0.102. The fourth-order valence-corrected chi connectivity index (χ4v) is 2.07. The summed E-state index contributed by atoms with van der Waals surface area (Å²) in [7, 11) is 0. The molecule has 2 nitrogen and oxygen atoms in total. The summed E-state index contributed by atoms with van der Waals surface area (Å²) in [6.07, 6.45) is 2.18. The average Bonchev–Trinajstić information content (AvgIpc) is 2.41. The van der Waals surface area contributed by atoms with E-state index in [2.05, 4.69) is 12.2 Å². The van der Waals surface area contributed by atoms with Crippen molar-refractivity contribution in [2.45, 2.75) is 19.8 Å². The summed E-state index contributed by atoms with van der Waals surface area (Å²) in [5, 5.41) is 3.42. The Morgan fingerprint density at radius 1 is 1.16 bits per heavy atom.